The maximum atomic E-state index is 13.1. The van der Waals surface area contributed by atoms with Crippen molar-refractivity contribution in [2.24, 2.45) is 5.41 Å². The SMILES string of the molecule is CC(=O)SCC1(C(=O)NC(=O)c2ccc(O)c(O)c2)CCc2ccccc2C1. The molecule has 0 heterocycles. The van der Waals surface area contributed by atoms with E-state index < -0.39 is 23.0 Å². The molecule has 0 bridgehead atoms. The third-order valence-electron chi connectivity index (χ3n) is 5.02. The molecule has 28 heavy (non-hydrogen) atoms. The molecule has 0 saturated heterocycles. The molecule has 146 valence electrons. The molecule has 1 atom stereocenters. The number of fused-ring (bicyclic) bond motifs is 1. The molecule has 0 aromatic heterocycles. The average Bonchev–Trinajstić information content (AvgIpc) is 2.68. The van der Waals surface area contributed by atoms with Crippen LogP contribution < -0.4 is 5.32 Å². The lowest BCUT2D eigenvalue weighted by Crippen LogP contribution is -2.48. The number of aromatic hydroxyl groups is 2. The number of carbonyl (C=O) groups excluding carboxylic acids is 3. The summed E-state index contributed by atoms with van der Waals surface area (Å²) in [7, 11) is 0. The van der Waals surface area contributed by atoms with E-state index in [2.05, 4.69) is 5.32 Å². The Hall–Kier alpha value is -2.80. The maximum Gasteiger partial charge on any atom is 0.257 e. The maximum absolute atomic E-state index is 13.1. The van der Waals surface area contributed by atoms with Crippen LogP contribution in [0.15, 0.2) is 42.5 Å². The molecule has 0 aliphatic heterocycles. The van der Waals surface area contributed by atoms with Crippen LogP contribution in [0.3, 0.4) is 0 Å². The molecule has 0 fully saturated rings. The van der Waals surface area contributed by atoms with Crippen molar-refractivity contribution in [2.75, 3.05) is 5.75 Å². The molecular weight excluding hydrogens is 378 g/mol. The zero-order chi connectivity index (χ0) is 20.3. The summed E-state index contributed by atoms with van der Waals surface area (Å²) in [6, 6.07) is 11.5. The quantitative estimate of drug-likeness (QED) is 0.540. The van der Waals surface area contributed by atoms with Gasteiger partial charge in [0, 0.05) is 18.2 Å². The van der Waals surface area contributed by atoms with Gasteiger partial charge in [-0.15, -0.1) is 0 Å². The summed E-state index contributed by atoms with van der Waals surface area (Å²) in [5, 5.41) is 21.3. The largest absolute Gasteiger partial charge is 0.504 e. The number of aryl methyl sites for hydroxylation is 1. The van der Waals surface area contributed by atoms with Gasteiger partial charge in [0.2, 0.25) is 5.91 Å². The van der Waals surface area contributed by atoms with Crippen LogP contribution in [0.2, 0.25) is 0 Å². The van der Waals surface area contributed by atoms with Gasteiger partial charge >= 0.3 is 0 Å². The molecule has 3 N–H and O–H groups in total. The number of hydrogen-bond acceptors (Lipinski definition) is 6. The fourth-order valence-electron chi connectivity index (χ4n) is 3.40. The van der Waals surface area contributed by atoms with Gasteiger partial charge in [-0.1, -0.05) is 36.0 Å². The molecule has 0 spiro atoms. The van der Waals surface area contributed by atoms with Crippen LogP contribution in [0.25, 0.3) is 0 Å². The van der Waals surface area contributed by atoms with Crippen molar-refractivity contribution in [1.82, 2.24) is 5.32 Å². The zero-order valence-electron chi connectivity index (χ0n) is 15.4. The molecule has 0 saturated carbocycles. The molecular formula is C21H21NO5S. The highest BCUT2D eigenvalue weighted by atomic mass is 32.2. The Bertz CT molecular complexity index is 942. The third-order valence-corrected chi connectivity index (χ3v) is 6.12. The summed E-state index contributed by atoms with van der Waals surface area (Å²) in [4.78, 5) is 37.1. The molecule has 3 rings (SSSR count). The number of phenols is 2. The molecule has 0 radical (unpaired) electrons. The predicted molar refractivity (Wildman–Crippen MR) is 106 cm³/mol. The van der Waals surface area contributed by atoms with Gasteiger partial charge in [0.1, 0.15) is 0 Å². The fourth-order valence-corrected chi connectivity index (χ4v) is 4.25. The monoisotopic (exact) mass is 399 g/mol. The molecule has 6 nitrogen and oxygen atoms in total. The Kier molecular flexibility index (Phi) is 5.74. The number of thioether (sulfide) groups is 1. The second kappa shape index (κ2) is 8.06. The summed E-state index contributed by atoms with van der Waals surface area (Å²) < 4.78 is 0. The molecule has 1 aliphatic rings. The number of phenolic OH excluding ortho intramolecular Hbond substituents is 2. The minimum atomic E-state index is -0.876. The Morgan fingerprint density at radius 1 is 1.07 bits per heavy atom. The number of carbonyl (C=O) groups is 3. The van der Waals surface area contributed by atoms with Crippen molar-refractivity contribution in [3.63, 3.8) is 0 Å². The van der Waals surface area contributed by atoms with E-state index in [1.54, 1.807) is 0 Å². The minimum absolute atomic E-state index is 0.0641. The molecule has 2 aromatic rings. The van der Waals surface area contributed by atoms with Gasteiger partial charge in [0.05, 0.1) is 5.41 Å². The van der Waals surface area contributed by atoms with Crippen LogP contribution in [0.4, 0.5) is 0 Å². The number of imide groups is 1. The van der Waals surface area contributed by atoms with Crippen LogP contribution in [-0.4, -0.2) is 32.9 Å². The summed E-state index contributed by atoms with van der Waals surface area (Å²) in [6.45, 7) is 1.46. The van der Waals surface area contributed by atoms with Crippen LogP contribution in [0.1, 0.15) is 34.8 Å². The van der Waals surface area contributed by atoms with E-state index in [4.69, 9.17) is 0 Å². The van der Waals surface area contributed by atoms with Gasteiger partial charge in [-0.05, 0) is 48.6 Å². The van der Waals surface area contributed by atoms with E-state index in [0.29, 0.717) is 19.3 Å². The lowest BCUT2D eigenvalue weighted by atomic mass is 9.72. The van der Waals surface area contributed by atoms with Crippen molar-refractivity contribution in [3.05, 3.63) is 59.2 Å². The summed E-state index contributed by atoms with van der Waals surface area (Å²) in [6.07, 6.45) is 1.67. The Morgan fingerprint density at radius 3 is 2.46 bits per heavy atom. The van der Waals surface area contributed by atoms with Crippen molar-refractivity contribution in [3.8, 4) is 11.5 Å². The van der Waals surface area contributed by atoms with Crippen molar-refractivity contribution < 1.29 is 24.6 Å². The lowest BCUT2D eigenvalue weighted by molar-refractivity contribution is -0.129. The minimum Gasteiger partial charge on any atom is -0.504 e. The predicted octanol–water partition coefficient (Wildman–Crippen LogP) is 2.81. The van der Waals surface area contributed by atoms with Crippen LogP contribution in [0.5, 0.6) is 11.5 Å². The molecule has 2 amide bonds. The van der Waals surface area contributed by atoms with Crippen molar-refractivity contribution in [1.29, 1.82) is 0 Å². The van der Waals surface area contributed by atoms with Gasteiger partial charge in [0.15, 0.2) is 16.6 Å². The molecule has 7 heteroatoms. The average molecular weight is 399 g/mol. The lowest BCUT2D eigenvalue weighted by Gasteiger charge is -2.36. The van der Waals surface area contributed by atoms with Gasteiger partial charge in [0.25, 0.3) is 5.91 Å². The van der Waals surface area contributed by atoms with E-state index in [0.717, 1.165) is 23.4 Å². The van der Waals surface area contributed by atoms with E-state index in [9.17, 15) is 24.6 Å². The fraction of sp³-hybridized carbons (Fsp3) is 0.286. The standard InChI is InChI=1S/C21H21NO5S/c1-13(23)28-12-21(9-8-14-4-2-3-5-16(14)11-21)20(27)22-19(26)15-6-7-17(24)18(25)10-15/h2-7,10,24-25H,8-9,11-12H2,1H3,(H,22,26,27). The third kappa shape index (κ3) is 4.20. The van der Waals surface area contributed by atoms with Gasteiger partial charge in [-0.3, -0.25) is 19.7 Å². The van der Waals surface area contributed by atoms with E-state index in [1.165, 1.54) is 24.6 Å². The second-order valence-electron chi connectivity index (χ2n) is 6.99. The summed E-state index contributed by atoms with van der Waals surface area (Å²) in [5.74, 6) is -1.59. The molecule has 2 aromatic carbocycles. The first kappa shape index (κ1) is 19.9. The van der Waals surface area contributed by atoms with Gasteiger partial charge < -0.3 is 10.2 Å². The molecule has 1 unspecified atom stereocenters. The van der Waals surface area contributed by atoms with Crippen LogP contribution in [-0.2, 0) is 22.4 Å². The summed E-state index contributed by atoms with van der Waals surface area (Å²) in [5.41, 5.74) is 1.41. The molecule has 1 aliphatic carbocycles. The number of hydrogen-bond donors (Lipinski definition) is 3. The van der Waals surface area contributed by atoms with Crippen molar-refractivity contribution in [2.45, 2.75) is 26.2 Å². The van der Waals surface area contributed by atoms with E-state index >= 15 is 0 Å². The van der Waals surface area contributed by atoms with Crippen LogP contribution in [0, 0.1) is 5.41 Å². The number of benzene rings is 2. The Morgan fingerprint density at radius 2 is 1.79 bits per heavy atom. The van der Waals surface area contributed by atoms with Crippen LogP contribution >= 0.6 is 11.8 Å². The number of amides is 2. The van der Waals surface area contributed by atoms with Gasteiger partial charge in [-0.25, -0.2) is 0 Å². The highest BCUT2D eigenvalue weighted by molar-refractivity contribution is 8.13. The first-order valence-corrected chi connectivity index (χ1v) is 9.87. The Labute approximate surface area is 167 Å². The second-order valence-corrected chi connectivity index (χ2v) is 8.15. The highest BCUT2D eigenvalue weighted by Crippen LogP contribution is 2.39. The number of nitrogens with one attached hydrogen (secondary N) is 1. The normalized spacial score (nSPS) is 18.2. The number of rotatable bonds is 4. The van der Waals surface area contributed by atoms with E-state index in [-0.39, 0.29) is 22.2 Å². The van der Waals surface area contributed by atoms with Gasteiger partial charge in [-0.2, -0.15) is 0 Å². The van der Waals surface area contributed by atoms with E-state index in [1.807, 2.05) is 24.3 Å². The van der Waals surface area contributed by atoms with Crippen molar-refractivity contribution >= 4 is 28.7 Å². The first-order valence-electron chi connectivity index (χ1n) is 8.89. The summed E-state index contributed by atoms with van der Waals surface area (Å²) >= 11 is 1.08. The zero-order valence-corrected chi connectivity index (χ0v) is 16.2. The topological polar surface area (TPSA) is 104 Å². The first-order chi connectivity index (χ1) is 13.3. The Balaban J connectivity index is 1.84. The smallest absolute Gasteiger partial charge is 0.257 e. The highest BCUT2D eigenvalue weighted by Gasteiger charge is 2.42.